The summed E-state index contributed by atoms with van der Waals surface area (Å²) in [5.41, 5.74) is 0. The Morgan fingerprint density at radius 2 is 2.25 bits per heavy atom. The first kappa shape index (κ1) is 10.9. The molecular weight excluding hydrogens is 162 g/mol. The fourth-order valence-corrected chi connectivity index (χ4v) is 0.665. The molecule has 1 unspecified atom stereocenters. The first-order valence-corrected chi connectivity index (χ1v) is 3.87. The molecule has 0 aliphatic rings. The summed E-state index contributed by atoms with van der Waals surface area (Å²) >= 11 is 0. The van der Waals surface area contributed by atoms with Gasteiger partial charge in [-0.3, -0.25) is 14.9 Å². The zero-order chi connectivity index (χ0) is 9.56. The van der Waals surface area contributed by atoms with Crippen LogP contribution in [0.2, 0.25) is 0 Å². The quantitative estimate of drug-likeness (QED) is 0.355. The van der Waals surface area contributed by atoms with Crippen molar-refractivity contribution in [2.45, 2.75) is 32.7 Å². The van der Waals surface area contributed by atoms with Crippen LogP contribution < -0.4 is 0 Å². The summed E-state index contributed by atoms with van der Waals surface area (Å²) in [6.45, 7) is 3.50. The molecule has 0 saturated carbocycles. The van der Waals surface area contributed by atoms with Gasteiger partial charge in [0.2, 0.25) is 6.04 Å². The van der Waals surface area contributed by atoms with Crippen molar-refractivity contribution >= 4 is 5.97 Å². The van der Waals surface area contributed by atoms with E-state index in [9.17, 15) is 14.9 Å². The smallest absolute Gasteiger partial charge is 0.306 e. The van der Waals surface area contributed by atoms with Crippen molar-refractivity contribution in [3.63, 3.8) is 0 Å². The number of hydrogen-bond acceptors (Lipinski definition) is 4. The van der Waals surface area contributed by atoms with Gasteiger partial charge in [-0.15, -0.1) is 0 Å². The van der Waals surface area contributed by atoms with Gasteiger partial charge in [0, 0.05) is 18.3 Å². The van der Waals surface area contributed by atoms with E-state index < -0.39 is 11.0 Å². The van der Waals surface area contributed by atoms with Crippen molar-refractivity contribution < 1.29 is 14.5 Å². The molecule has 0 heterocycles. The molecule has 0 spiro atoms. The Kier molecular flexibility index (Phi) is 4.99. The monoisotopic (exact) mass is 175 g/mol. The van der Waals surface area contributed by atoms with Gasteiger partial charge >= 0.3 is 5.97 Å². The van der Waals surface area contributed by atoms with Gasteiger partial charge in [-0.25, -0.2) is 0 Å². The maximum absolute atomic E-state index is 10.7. The van der Waals surface area contributed by atoms with Gasteiger partial charge in [-0.2, -0.15) is 0 Å². The first-order chi connectivity index (χ1) is 5.57. The molecule has 0 aromatic rings. The Bertz CT molecular complexity index is 169. The molecule has 5 nitrogen and oxygen atoms in total. The first-order valence-electron chi connectivity index (χ1n) is 3.87. The van der Waals surface area contributed by atoms with Crippen molar-refractivity contribution in [2.24, 2.45) is 0 Å². The lowest BCUT2D eigenvalue weighted by Crippen LogP contribution is -2.17. The summed E-state index contributed by atoms with van der Waals surface area (Å²) in [7, 11) is 0. The highest BCUT2D eigenvalue weighted by atomic mass is 16.6. The maximum atomic E-state index is 10.7. The predicted octanol–water partition coefficient (Wildman–Crippen LogP) is 0.995. The van der Waals surface area contributed by atoms with E-state index in [2.05, 4.69) is 4.74 Å². The van der Waals surface area contributed by atoms with E-state index in [1.165, 1.54) is 6.92 Å². The van der Waals surface area contributed by atoms with E-state index in [0.717, 1.165) is 0 Å². The number of rotatable bonds is 5. The highest BCUT2D eigenvalue weighted by Gasteiger charge is 2.14. The van der Waals surface area contributed by atoms with Gasteiger partial charge in [-0.05, 0) is 6.92 Å². The predicted molar refractivity (Wildman–Crippen MR) is 42.3 cm³/mol. The van der Waals surface area contributed by atoms with Crippen LogP contribution in [0.4, 0.5) is 0 Å². The molecule has 70 valence electrons. The molecule has 0 aromatic carbocycles. The zero-order valence-electron chi connectivity index (χ0n) is 7.28. The van der Waals surface area contributed by atoms with Gasteiger partial charge < -0.3 is 4.74 Å². The van der Waals surface area contributed by atoms with Crippen LogP contribution in [0, 0.1) is 10.1 Å². The summed E-state index contributed by atoms with van der Waals surface area (Å²) in [4.78, 5) is 20.4. The Morgan fingerprint density at radius 3 is 2.67 bits per heavy atom. The molecule has 0 aliphatic carbocycles. The average Bonchev–Trinajstić information content (AvgIpc) is 2.00. The van der Waals surface area contributed by atoms with Crippen LogP contribution in [-0.2, 0) is 9.53 Å². The molecule has 0 fully saturated rings. The maximum Gasteiger partial charge on any atom is 0.306 e. The van der Waals surface area contributed by atoms with Crippen molar-refractivity contribution in [3.05, 3.63) is 10.1 Å². The lowest BCUT2D eigenvalue weighted by atomic mass is 10.2. The van der Waals surface area contributed by atoms with Crippen LogP contribution in [0.15, 0.2) is 0 Å². The molecule has 1 atom stereocenters. The molecule has 12 heavy (non-hydrogen) atoms. The van der Waals surface area contributed by atoms with E-state index >= 15 is 0 Å². The lowest BCUT2D eigenvalue weighted by molar-refractivity contribution is -0.518. The van der Waals surface area contributed by atoms with Crippen molar-refractivity contribution in [1.29, 1.82) is 0 Å². The third-order valence-corrected chi connectivity index (χ3v) is 1.43. The van der Waals surface area contributed by atoms with Gasteiger partial charge in [0.15, 0.2) is 0 Å². The Labute approximate surface area is 70.9 Å². The molecule has 0 radical (unpaired) electrons. The Hall–Kier alpha value is -1.13. The molecular formula is C7H13NO4. The van der Waals surface area contributed by atoms with Crippen molar-refractivity contribution in [3.8, 4) is 0 Å². The normalized spacial score (nSPS) is 12.2. The standard InChI is InChI=1S/C7H13NO4/c1-3-12-7(9)5-4-6(2)8(10)11/h6H,3-5H2,1-2H3. The third kappa shape index (κ3) is 4.65. The number of esters is 1. The number of nitrogens with zero attached hydrogens (tertiary/aromatic N) is 1. The van der Waals surface area contributed by atoms with Crippen LogP contribution in [-0.4, -0.2) is 23.5 Å². The third-order valence-electron chi connectivity index (χ3n) is 1.43. The van der Waals surface area contributed by atoms with Crippen molar-refractivity contribution in [2.75, 3.05) is 6.61 Å². The molecule has 0 aliphatic heterocycles. The average molecular weight is 175 g/mol. The van der Waals surface area contributed by atoms with E-state index in [1.54, 1.807) is 6.92 Å². The molecule has 0 aromatic heterocycles. The second-order valence-electron chi connectivity index (χ2n) is 2.48. The molecule has 0 saturated heterocycles. The summed E-state index contributed by atoms with van der Waals surface area (Å²) in [5, 5.41) is 10.1. The summed E-state index contributed by atoms with van der Waals surface area (Å²) in [6, 6.07) is -0.672. The Morgan fingerprint density at radius 1 is 1.67 bits per heavy atom. The van der Waals surface area contributed by atoms with Gasteiger partial charge in [-0.1, -0.05) is 0 Å². The minimum absolute atomic E-state index is 0.121. The number of carbonyl (C=O) groups excluding carboxylic acids is 1. The second kappa shape index (κ2) is 5.51. The van der Waals surface area contributed by atoms with Gasteiger partial charge in [0.05, 0.1) is 13.0 Å². The largest absolute Gasteiger partial charge is 0.466 e. The molecule has 0 rings (SSSR count). The van der Waals surface area contributed by atoms with E-state index in [-0.39, 0.29) is 18.8 Å². The number of hydrogen-bond donors (Lipinski definition) is 0. The SMILES string of the molecule is CCOC(=O)CCC(C)[N+](=O)[O-]. The van der Waals surface area contributed by atoms with E-state index in [0.29, 0.717) is 6.61 Å². The zero-order valence-corrected chi connectivity index (χ0v) is 7.28. The topological polar surface area (TPSA) is 69.4 Å². The lowest BCUT2D eigenvalue weighted by Gasteiger charge is -2.02. The summed E-state index contributed by atoms with van der Waals surface area (Å²) < 4.78 is 4.61. The molecule has 0 amide bonds. The van der Waals surface area contributed by atoms with Crippen LogP contribution in [0.25, 0.3) is 0 Å². The van der Waals surface area contributed by atoms with Crippen LogP contribution in [0.5, 0.6) is 0 Å². The second-order valence-corrected chi connectivity index (χ2v) is 2.48. The van der Waals surface area contributed by atoms with E-state index in [4.69, 9.17) is 0 Å². The van der Waals surface area contributed by atoms with Gasteiger partial charge in [0.1, 0.15) is 0 Å². The highest BCUT2D eigenvalue weighted by molar-refractivity contribution is 5.69. The van der Waals surface area contributed by atoms with E-state index in [1.807, 2.05) is 0 Å². The molecule has 5 heteroatoms. The molecule has 0 N–H and O–H groups in total. The van der Waals surface area contributed by atoms with Crippen LogP contribution in [0.1, 0.15) is 26.7 Å². The number of nitro groups is 1. The minimum atomic E-state index is -0.672. The van der Waals surface area contributed by atoms with Crippen LogP contribution >= 0.6 is 0 Å². The van der Waals surface area contributed by atoms with Gasteiger partial charge in [0.25, 0.3) is 0 Å². The summed E-state index contributed by atoms with van der Waals surface area (Å²) in [5.74, 6) is -0.369. The van der Waals surface area contributed by atoms with Crippen molar-refractivity contribution in [1.82, 2.24) is 0 Å². The number of ether oxygens (including phenoxy) is 1. The number of carbonyl (C=O) groups is 1. The summed E-state index contributed by atoms with van der Waals surface area (Å²) in [6.07, 6.45) is 0.363. The highest BCUT2D eigenvalue weighted by Crippen LogP contribution is 2.01. The van der Waals surface area contributed by atoms with Crippen LogP contribution in [0.3, 0.4) is 0 Å². The molecule has 0 bridgehead atoms. The Balaban J connectivity index is 3.54. The minimum Gasteiger partial charge on any atom is -0.466 e. The fraction of sp³-hybridized carbons (Fsp3) is 0.857. The fourth-order valence-electron chi connectivity index (χ4n) is 0.665.